The third kappa shape index (κ3) is 4.54. The first kappa shape index (κ1) is 21.9. The summed E-state index contributed by atoms with van der Waals surface area (Å²) in [6, 6.07) is 7.49. The predicted octanol–water partition coefficient (Wildman–Crippen LogP) is 4.96. The molecule has 25 heavy (non-hydrogen) atoms. The largest absolute Gasteiger partial charge is 0.501 e. The minimum atomic E-state index is -2.67. The van der Waals surface area contributed by atoms with E-state index < -0.39 is 18.8 Å². The van der Waals surface area contributed by atoms with Crippen molar-refractivity contribution in [3.63, 3.8) is 0 Å². The Hall–Kier alpha value is -1.12. The molecular weight excluding hydrogens is 342 g/mol. The van der Waals surface area contributed by atoms with Gasteiger partial charge in [0.1, 0.15) is 0 Å². The number of carbonyl (C=O) groups excluding carboxylic acids is 2. The van der Waals surface area contributed by atoms with Crippen molar-refractivity contribution < 1.29 is 14.2 Å². The Kier molecular flexibility index (Phi) is 7.46. The summed E-state index contributed by atoms with van der Waals surface area (Å²) in [6.07, 6.45) is 0. The zero-order valence-electron chi connectivity index (χ0n) is 16.0. The Morgan fingerprint density at radius 3 is 1.12 bits per heavy atom. The average molecular weight is 364 g/mol. The Labute approximate surface area is 172 Å². The van der Waals surface area contributed by atoms with Crippen LogP contribution in [0.15, 0.2) is 24.3 Å². The second kappa shape index (κ2) is 8.51. The summed E-state index contributed by atoms with van der Waals surface area (Å²) >= 11 is 0. The summed E-state index contributed by atoms with van der Waals surface area (Å²) in [6.45, 7) is 11.1. The summed E-state index contributed by atoms with van der Waals surface area (Å²) in [5.41, 5.74) is 4.74. The van der Waals surface area contributed by atoms with Crippen molar-refractivity contribution in [2.45, 2.75) is 41.5 Å². The maximum atomic E-state index is 12.7. The van der Waals surface area contributed by atoms with E-state index in [0.717, 1.165) is 33.4 Å². The van der Waals surface area contributed by atoms with Crippen LogP contribution in [0.1, 0.15) is 54.1 Å². The molecule has 1 radical (unpaired) electrons. The van der Waals surface area contributed by atoms with E-state index in [4.69, 9.17) is 0 Å². The minimum absolute atomic E-state index is 0. The molecule has 0 fully saturated rings. The van der Waals surface area contributed by atoms with Gasteiger partial charge >= 0.3 is 18.8 Å². The Balaban J connectivity index is 0.00000312. The maximum Gasteiger partial charge on any atom is 0.501 e. The van der Waals surface area contributed by atoms with E-state index in [1.807, 2.05) is 65.8 Å². The van der Waals surface area contributed by atoms with Crippen LogP contribution in [0.3, 0.4) is 0 Å². The van der Waals surface area contributed by atoms with Crippen LogP contribution in [0.5, 0.6) is 0 Å². The van der Waals surface area contributed by atoms with Gasteiger partial charge in [0.25, 0.3) is 0 Å². The third-order valence-corrected chi connectivity index (χ3v) is 5.34. The van der Waals surface area contributed by atoms with Gasteiger partial charge in [-0.3, -0.25) is 0 Å². The van der Waals surface area contributed by atoms with Crippen molar-refractivity contribution in [2.75, 3.05) is 0 Å². The van der Waals surface area contributed by atoms with Crippen LogP contribution in [-0.2, 0) is 4.57 Å². The second-order valence-corrected chi connectivity index (χ2v) is 7.85. The van der Waals surface area contributed by atoms with Gasteiger partial charge in [-0.25, -0.2) is 9.59 Å². The Bertz CT molecular complexity index is 767. The van der Waals surface area contributed by atoms with E-state index in [2.05, 4.69) is 0 Å². The zero-order valence-corrected chi connectivity index (χ0v) is 18.9. The van der Waals surface area contributed by atoms with Crippen LogP contribution < -0.4 is 0 Å². The topological polar surface area (TPSA) is 51.2 Å². The van der Waals surface area contributed by atoms with E-state index in [0.29, 0.717) is 11.1 Å². The SMILES string of the molecule is Cc1cc(C)c(C(=O)[P+](=O)C(=O)c2c(C)cc(C)cc2C)c(C)c1.[Na]. The van der Waals surface area contributed by atoms with Gasteiger partial charge in [0.2, 0.25) is 0 Å². The van der Waals surface area contributed by atoms with Gasteiger partial charge in [-0.1, -0.05) is 40.0 Å². The average Bonchev–Trinajstić information content (AvgIpc) is 2.43. The molecule has 0 spiro atoms. The molecule has 0 heterocycles. The number of benzene rings is 2. The van der Waals surface area contributed by atoms with Gasteiger partial charge in [0.05, 0.1) is 11.1 Å². The van der Waals surface area contributed by atoms with Crippen molar-refractivity contribution >= 4 is 48.4 Å². The molecule has 0 aliphatic heterocycles. The smallest absolute Gasteiger partial charge is 0.234 e. The number of aryl methyl sites for hydroxylation is 6. The predicted molar refractivity (Wildman–Crippen MR) is 103 cm³/mol. The quantitative estimate of drug-likeness (QED) is 0.569. The number of hydrogen-bond acceptors (Lipinski definition) is 3. The fourth-order valence-electron chi connectivity index (χ4n) is 3.33. The monoisotopic (exact) mass is 364 g/mol. The molecule has 0 amide bonds. The van der Waals surface area contributed by atoms with E-state index >= 15 is 0 Å². The van der Waals surface area contributed by atoms with E-state index in [1.165, 1.54) is 0 Å². The molecule has 5 heteroatoms. The summed E-state index contributed by atoms with van der Waals surface area (Å²) in [5.74, 6) is 0. The molecule has 2 aromatic carbocycles. The van der Waals surface area contributed by atoms with Crippen molar-refractivity contribution in [3.05, 3.63) is 68.8 Å². The number of hydrogen-bond donors (Lipinski definition) is 0. The molecule has 3 nitrogen and oxygen atoms in total. The molecule has 2 aromatic rings. The molecule has 2 rings (SSSR count). The van der Waals surface area contributed by atoms with Crippen LogP contribution in [-0.4, -0.2) is 40.6 Å². The molecule has 0 saturated carbocycles. The fourth-order valence-corrected chi connectivity index (χ4v) is 4.63. The molecule has 0 saturated heterocycles. The van der Waals surface area contributed by atoms with Crippen molar-refractivity contribution in [3.8, 4) is 0 Å². The van der Waals surface area contributed by atoms with Crippen LogP contribution in [0.25, 0.3) is 0 Å². The van der Waals surface area contributed by atoms with Gasteiger partial charge in [-0.15, -0.1) is 0 Å². The molecule has 0 aliphatic carbocycles. The summed E-state index contributed by atoms with van der Waals surface area (Å²) in [7, 11) is -2.67. The van der Waals surface area contributed by atoms with E-state index in [-0.39, 0.29) is 29.6 Å². The first-order valence-electron chi connectivity index (χ1n) is 7.85. The molecule has 125 valence electrons. The van der Waals surface area contributed by atoms with Crippen LogP contribution in [0, 0.1) is 41.5 Å². The Morgan fingerprint density at radius 2 is 0.880 bits per heavy atom. The molecule has 0 atom stereocenters. The van der Waals surface area contributed by atoms with Gasteiger partial charge in [0.15, 0.2) is 0 Å². The number of rotatable bonds is 4. The molecule has 0 aliphatic rings. The third-order valence-electron chi connectivity index (χ3n) is 4.15. The molecule has 0 bridgehead atoms. The molecule has 0 aromatic heterocycles. The summed E-state index contributed by atoms with van der Waals surface area (Å²) in [4.78, 5) is 25.4. The standard InChI is InChI=1S/C20H22O3P.Na/c1-11-7-13(3)17(14(4)8-11)19(21)24(23)20(22)18-15(5)9-12(2)10-16(18)6;/h7-10H,1-6H3;/q+1;. The maximum absolute atomic E-state index is 12.7. The van der Waals surface area contributed by atoms with Crippen LogP contribution in [0.2, 0.25) is 0 Å². The van der Waals surface area contributed by atoms with Crippen LogP contribution >= 0.6 is 7.80 Å². The van der Waals surface area contributed by atoms with E-state index in [1.54, 1.807) is 0 Å². The van der Waals surface area contributed by atoms with Gasteiger partial charge < -0.3 is 0 Å². The first-order chi connectivity index (χ1) is 11.1. The molecule has 0 unspecified atom stereocenters. The van der Waals surface area contributed by atoms with Gasteiger partial charge in [-0.05, 0) is 63.8 Å². The van der Waals surface area contributed by atoms with Gasteiger partial charge in [-0.2, -0.15) is 0 Å². The number of carbonyl (C=O) groups is 2. The van der Waals surface area contributed by atoms with Crippen molar-refractivity contribution in [1.82, 2.24) is 0 Å². The normalized spacial score (nSPS) is 10.2. The first-order valence-corrected chi connectivity index (χ1v) is 9.11. The summed E-state index contributed by atoms with van der Waals surface area (Å²) in [5, 5.41) is 0. The van der Waals surface area contributed by atoms with Crippen molar-refractivity contribution in [1.29, 1.82) is 0 Å². The zero-order chi connectivity index (χ0) is 18.2. The van der Waals surface area contributed by atoms with Crippen LogP contribution in [0.4, 0.5) is 0 Å². The second-order valence-electron chi connectivity index (χ2n) is 6.45. The molecular formula is C20H22NaO3P+. The molecule has 0 N–H and O–H groups in total. The van der Waals surface area contributed by atoms with Gasteiger partial charge in [0, 0.05) is 29.6 Å². The fraction of sp³-hybridized carbons (Fsp3) is 0.300. The minimum Gasteiger partial charge on any atom is -0.234 e. The Morgan fingerprint density at radius 1 is 0.640 bits per heavy atom. The van der Waals surface area contributed by atoms with Crippen molar-refractivity contribution in [2.24, 2.45) is 0 Å². The summed E-state index contributed by atoms with van der Waals surface area (Å²) < 4.78 is 12.7. The van der Waals surface area contributed by atoms with E-state index in [9.17, 15) is 14.2 Å².